The summed E-state index contributed by atoms with van der Waals surface area (Å²) in [4.78, 5) is 28.5. The molecule has 1 aliphatic rings. The average molecular weight is 415 g/mol. The van der Waals surface area contributed by atoms with Crippen LogP contribution in [-0.2, 0) is 16.1 Å². The number of carbonyl (C=O) groups is 2. The van der Waals surface area contributed by atoms with Crippen LogP contribution in [0.1, 0.15) is 22.5 Å². The number of nitrogens with zero attached hydrogens (tertiary/aromatic N) is 1. The fourth-order valence-electron chi connectivity index (χ4n) is 3.15. The summed E-state index contributed by atoms with van der Waals surface area (Å²) >= 11 is 0. The fraction of sp³-hybridized carbons (Fsp3) is 0.381. The van der Waals surface area contributed by atoms with Crippen LogP contribution in [-0.4, -0.2) is 65.1 Å². The van der Waals surface area contributed by atoms with Crippen LogP contribution < -0.4 is 15.4 Å². The maximum atomic E-state index is 12.2. The second-order valence-electron chi connectivity index (χ2n) is 6.93. The first-order valence-electron chi connectivity index (χ1n) is 9.58. The van der Waals surface area contributed by atoms with Gasteiger partial charge < -0.3 is 30.3 Å². The van der Waals surface area contributed by atoms with Crippen LogP contribution >= 0.6 is 0 Å². The Balaban J connectivity index is 1.46. The maximum Gasteiger partial charge on any atom is 0.251 e. The van der Waals surface area contributed by atoms with Crippen LogP contribution in [0.2, 0.25) is 0 Å². The molecule has 4 N–H and O–H groups in total. The molecule has 9 nitrogen and oxygen atoms in total. The standard InChI is InChI=1S/C21H25N3O6/c1-29-15-7-5-13(6-8-15)21(28)24-12-17-20(27)19(26)16(30-17)10-18(25)23-11-14-4-2-3-9-22-14/h2-9,16-17,19-20,26-27H,10-12H2,1H3,(H,23,25)(H,24,28)/t16-,17-,19+,20+/m0/s1. The summed E-state index contributed by atoms with van der Waals surface area (Å²) in [7, 11) is 1.54. The van der Waals surface area contributed by atoms with Crippen molar-refractivity contribution in [1.82, 2.24) is 15.6 Å². The molecule has 9 heteroatoms. The zero-order valence-corrected chi connectivity index (χ0v) is 16.5. The van der Waals surface area contributed by atoms with Gasteiger partial charge >= 0.3 is 0 Å². The Hall–Kier alpha value is -3.01. The lowest BCUT2D eigenvalue weighted by molar-refractivity contribution is -0.125. The molecule has 30 heavy (non-hydrogen) atoms. The summed E-state index contributed by atoms with van der Waals surface area (Å²) in [6.45, 7) is 0.252. The number of ether oxygens (including phenoxy) is 2. The Morgan fingerprint density at radius 3 is 2.47 bits per heavy atom. The number of methoxy groups -OCH3 is 1. The van der Waals surface area contributed by atoms with Gasteiger partial charge in [-0.2, -0.15) is 0 Å². The predicted octanol–water partition coefficient (Wildman–Crippen LogP) is 0.0157. The minimum atomic E-state index is -1.23. The first kappa shape index (κ1) is 21.7. The number of benzene rings is 1. The van der Waals surface area contributed by atoms with Gasteiger partial charge in [-0.05, 0) is 36.4 Å². The van der Waals surface area contributed by atoms with Gasteiger partial charge in [0, 0.05) is 18.3 Å². The van der Waals surface area contributed by atoms with Crippen LogP contribution in [0.5, 0.6) is 5.75 Å². The van der Waals surface area contributed by atoms with Gasteiger partial charge in [-0.1, -0.05) is 6.07 Å². The Kier molecular flexibility index (Phi) is 7.34. The van der Waals surface area contributed by atoms with Crippen molar-refractivity contribution in [3.8, 4) is 5.75 Å². The Morgan fingerprint density at radius 2 is 1.80 bits per heavy atom. The first-order valence-corrected chi connectivity index (χ1v) is 9.58. The lowest BCUT2D eigenvalue weighted by Gasteiger charge is -2.15. The largest absolute Gasteiger partial charge is 0.497 e. The van der Waals surface area contributed by atoms with E-state index in [4.69, 9.17) is 9.47 Å². The SMILES string of the molecule is COc1ccc(C(=O)NC[C@@H]2O[C@@H](CC(=O)NCc3ccccn3)[C@@H](O)[C@@H]2O)cc1. The van der Waals surface area contributed by atoms with E-state index in [2.05, 4.69) is 15.6 Å². The Bertz CT molecular complexity index is 846. The lowest BCUT2D eigenvalue weighted by Crippen LogP contribution is -2.40. The van der Waals surface area contributed by atoms with Crippen LogP contribution in [0.3, 0.4) is 0 Å². The van der Waals surface area contributed by atoms with Crippen molar-refractivity contribution in [2.45, 2.75) is 37.4 Å². The van der Waals surface area contributed by atoms with Crippen molar-refractivity contribution >= 4 is 11.8 Å². The third kappa shape index (κ3) is 5.53. The molecule has 2 aromatic rings. The van der Waals surface area contributed by atoms with Gasteiger partial charge in [-0.25, -0.2) is 0 Å². The second-order valence-corrected chi connectivity index (χ2v) is 6.93. The summed E-state index contributed by atoms with van der Waals surface area (Å²) in [5, 5.41) is 25.8. The van der Waals surface area contributed by atoms with Crippen molar-refractivity contribution in [2.75, 3.05) is 13.7 Å². The second kappa shape index (κ2) is 10.1. The highest BCUT2D eigenvalue weighted by atomic mass is 16.5. The van der Waals surface area contributed by atoms with E-state index >= 15 is 0 Å². The quantitative estimate of drug-likeness (QED) is 0.478. The highest BCUT2D eigenvalue weighted by Gasteiger charge is 2.43. The third-order valence-corrected chi connectivity index (χ3v) is 4.86. The Labute approximate surface area is 174 Å². The summed E-state index contributed by atoms with van der Waals surface area (Å²) in [6, 6.07) is 11.9. The van der Waals surface area contributed by atoms with Gasteiger partial charge in [0.1, 0.15) is 24.1 Å². The minimum Gasteiger partial charge on any atom is -0.497 e. The van der Waals surface area contributed by atoms with Gasteiger partial charge in [0.2, 0.25) is 5.91 Å². The molecular formula is C21H25N3O6. The summed E-state index contributed by atoms with van der Waals surface area (Å²) in [6.07, 6.45) is -2.62. The normalized spacial score (nSPS) is 23.0. The molecule has 0 unspecified atom stereocenters. The topological polar surface area (TPSA) is 130 Å². The third-order valence-electron chi connectivity index (χ3n) is 4.86. The van der Waals surface area contributed by atoms with Crippen LogP contribution in [0, 0.1) is 0 Å². The number of rotatable bonds is 8. The highest BCUT2D eigenvalue weighted by molar-refractivity contribution is 5.94. The van der Waals surface area contributed by atoms with E-state index in [-0.39, 0.29) is 31.3 Å². The predicted molar refractivity (Wildman–Crippen MR) is 107 cm³/mol. The number of amides is 2. The molecule has 1 saturated heterocycles. The molecule has 1 aromatic heterocycles. The smallest absolute Gasteiger partial charge is 0.251 e. The zero-order valence-electron chi connectivity index (χ0n) is 16.5. The van der Waals surface area contributed by atoms with E-state index in [0.717, 1.165) is 0 Å². The number of aromatic nitrogens is 1. The van der Waals surface area contributed by atoms with E-state index in [9.17, 15) is 19.8 Å². The zero-order chi connectivity index (χ0) is 21.5. The van der Waals surface area contributed by atoms with Crippen molar-refractivity contribution in [1.29, 1.82) is 0 Å². The molecule has 0 spiro atoms. The number of carbonyl (C=O) groups excluding carboxylic acids is 2. The van der Waals surface area contributed by atoms with Crippen molar-refractivity contribution in [3.63, 3.8) is 0 Å². The number of aliphatic hydroxyl groups is 2. The van der Waals surface area contributed by atoms with E-state index in [1.165, 1.54) is 7.11 Å². The van der Waals surface area contributed by atoms with Gasteiger partial charge in [0.25, 0.3) is 5.91 Å². The fourth-order valence-corrected chi connectivity index (χ4v) is 3.15. The summed E-state index contributed by atoms with van der Waals surface area (Å²) < 4.78 is 10.7. The van der Waals surface area contributed by atoms with Crippen LogP contribution in [0.15, 0.2) is 48.7 Å². The number of pyridine rings is 1. The molecular weight excluding hydrogens is 390 g/mol. The van der Waals surface area contributed by atoms with Gasteiger partial charge in [0.05, 0.1) is 31.9 Å². The van der Waals surface area contributed by atoms with Gasteiger partial charge in [0.15, 0.2) is 0 Å². The molecule has 0 radical (unpaired) electrons. The first-order chi connectivity index (χ1) is 14.5. The lowest BCUT2D eigenvalue weighted by atomic mass is 10.1. The average Bonchev–Trinajstić information content (AvgIpc) is 3.04. The van der Waals surface area contributed by atoms with Gasteiger partial charge in [-0.3, -0.25) is 14.6 Å². The van der Waals surface area contributed by atoms with Crippen LogP contribution in [0.25, 0.3) is 0 Å². The molecule has 1 aliphatic heterocycles. The summed E-state index contributed by atoms with van der Waals surface area (Å²) in [5.74, 6) is -0.0484. The van der Waals surface area contributed by atoms with Crippen molar-refractivity contribution < 1.29 is 29.3 Å². The molecule has 1 fully saturated rings. The molecule has 3 rings (SSSR count). The molecule has 0 saturated carbocycles. The molecule has 2 heterocycles. The number of nitrogens with one attached hydrogen (secondary N) is 2. The molecule has 0 aliphatic carbocycles. The van der Waals surface area contributed by atoms with Crippen LogP contribution in [0.4, 0.5) is 0 Å². The number of hydrogen-bond donors (Lipinski definition) is 4. The van der Waals surface area contributed by atoms with Crippen molar-refractivity contribution in [3.05, 3.63) is 59.9 Å². The van der Waals surface area contributed by atoms with E-state index in [1.54, 1.807) is 42.6 Å². The van der Waals surface area contributed by atoms with Crippen molar-refractivity contribution in [2.24, 2.45) is 0 Å². The molecule has 160 valence electrons. The van der Waals surface area contributed by atoms with E-state index in [1.807, 2.05) is 6.07 Å². The highest BCUT2D eigenvalue weighted by Crippen LogP contribution is 2.23. The number of hydrogen-bond acceptors (Lipinski definition) is 7. The number of aliphatic hydroxyl groups excluding tert-OH is 2. The molecule has 4 atom stereocenters. The molecule has 1 aromatic carbocycles. The minimum absolute atomic E-state index is 0.00482. The molecule has 2 amide bonds. The van der Waals surface area contributed by atoms with E-state index < -0.39 is 24.4 Å². The van der Waals surface area contributed by atoms with E-state index in [0.29, 0.717) is 17.0 Å². The monoisotopic (exact) mass is 415 g/mol. The summed E-state index contributed by atoms with van der Waals surface area (Å²) in [5.41, 5.74) is 1.13. The maximum absolute atomic E-state index is 12.2. The Morgan fingerprint density at radius 1 is 1.07 bits per heavy atom. The van der Waals surface area contributed by atoms with Gasteiger partial charge in [-0.15, -0.1) is 0 Å². The molecule has 0 bridgehead atoms.